The molecule has 0 aliphatic carbocycles. The van der Waals surface area contributed by atoms with Crippen LogP contribution in [0.3, 0.4) is 0 Å². The molecule has 1 amide bonds. The molecule has 0 aliphatic rings. The van der Waals surface area contributed by atoms with E-state index >= 15 is 0 Å². The first kappa shape index (κ1) is 17.3. The third kappa shape index (κ3) is 3.74. The van der Waals surface area contributed by atoms with E-state index in [-0.39, 0.29) is 17.4 Å². The second-order valence-corrected chi connectivity index (χ2v) is 6.41. The smallest absolute Gasteiger partial charge is 0.414 e. The van der Waals surface area contributed by atoms with Crippen molar-refractivity contribution in [2.75, 3.05) is 5.32 Å². The third-order valence-electron chi connectivity index (χ3n) is 3.23. The number of carbonyl (C=O) groups is 1. The summed E-state index contributed by atoms with van der Waals surface area (Å²) in [5, 5.41) is 17.5. The highest BCUT2D eigenvalue weighted by molar-refractivity contribution is 5.82. The van der Waals surface area contributed by atoms with Crippen LogP contribution in [-0.4, -0.2) is 36.2 Å². The molecule has 10 heteroatoms. The topological polar surface area (TPSA) is 125 Å². The Morgan fingerprint density at radius 2 is 1.92 bits per heavy atom. The van der Waals surface area contributed by atoms with Crippen LogP contribution in [0.15, 0.2) is 36.5 Å². The van der Waals surface area contributed by atoms with Crippen LogP contribution in [0.1, 0.15) is 20.8 Å². The van der Waals surface area contributed by atoms with E-state index in [1.807, 2.05) is 0 Å². The van der Waals surface area contributed by atoms with Crippen molar-refractivity contribution in [2.45, 2.75) is 26.4 Å². The van der Waals surface area contributed by atoms with Crippen molar-refractivity contribution in [3.63, 3.8) is 0 Å². The predicted molar refractivity (Wildman–Crippen MR) is 92.7 cm³/mol. The molecule has 3 rings (SSSR count). The number of ether oxygens (including phenoxy) is 1. The molecule has 26 heavy (non-hydrogen) atoms. The highest BCUT2D eigenvalue weighted by atomic mass is 16.6. The minimum absolute atomic E-state index is 0.00933. The van der Waals surface area contributed by atoms with Gasteiger partial charge in [-0.1, -0.05) is 0 Å². The molecular formula is C16H16N6O4. The van der Waals surface area contributed by atoms with Gasteiger partial charge in [-0.3, -0.25) is 15.4 Å². The average Bonchev–Trinajstić information content (AvgIpc) is 2.95. The number of fused-ring (bicyclic) bond motifs is 1. The second-order valence-electron chi connectivity index (χ2n) is 6.41. The monoisotopic (exact) mass is 356 g/mol. The number of rotatable bonds is 3. The van der Waals surface area contributed by atoms with Crippen LogP contribution >= 0.6 is 0 Å². The summed E-state index contributed by atoms with van der Waals surface area (Å²) in [6.45, 7) is 5.24. The number of nitrogens with one attached hydrogen (secondary N) is 1. The summed E-state index contributed by atoms with van der Waals surface area (Å²) in [5.41, 5.74) is 0.655. The largest absolute Gasteiger partial charge is 0.444 e. The molecule has 3 aromatic rings. The molecule has 0 spiro atoms. The fourth-order valence-electron chi connectivity index (χ4n) is 2.21. The molecule has 0 fully saturated rings. The van der Waals surface area contributed by atoms with E-state index in [0.29, 0.717) is 11.3 Å². The predicted octanol–water partition coefficient (Wildman–Crippen LogP) is 3.05. The number of nitrogens with zero attached hydrogens (tertiary/aromatic N) is 5. The first-order chi connectivity index (χ1) is 12.2. The van der Waals surface area contributed by atoms with E-state index in [4.69, 9.17) is 4.74 Å². The van der Waals surface area contributed by atoms with Gasteiger partial charge >= 0.3 is 6.09 Å². The SMILES string of the molecule is CC(C)(C)OC(=O)Nc1nc2nccc(-c3ccc([N+](=O)[O-])cc3)n2n1. The molecule has 134 valence electrons. The Labute approximate surface area is 148 Å². The third-order valence-corrected chi connectivity index (χ3v) is 3.23. The molecule has 1 aromatic carbocycles. The van der Waals surface area contributed by atoms with Gasteiger partial charge in [0.25, 0.3) is 17.4 Å². The summed E-state index contributed by atoms with van der Waals surface area (Å²) in [5.74, 6) is 0.313. The van der Waals surface area contributed by atoms with Gasteiger partial charge in [0, 0.05) is 23.9 Å². The molecule has 0 aliphatic heterocycles. The molecule has 1 N–H and O–H groups in total. The van der Waals surface area contributed by atoms with Crippen LogP contribution < -0.4 is 5.32 Å². The normalized spacial score (nSPS) is 11.3. The van der Waals surface area contributed by atoms with Crippen LogP contribution in [-0.2, 0) is 4.74 Å². The summed E-state index contributed by atoms with van der Waals surface area (Å²) in [6.07, 6.45) is 0.864. The molecule has 2 aromatic heterocycles. The fourth-order valence-corrected chi connectivity index (χ4v) is 2.21. The van der Waals surface area contributed by atoms with Crippen LogP contribution in [0.4, 0.5) is 16.4 Å². The molecule has 10 nitrogen and oxygen atoms in total. The average molecular weight is 356 g/mol. The van der Waals surface area contributed by atoms with Crippen molar-refractivity contribution in [3.8, 4) is 11.3 Å². The summed E-state index contributed by atoms with van der Waals surface area (Å²) in [6, 6.07) is 7.71. The Kier molecular flexibility index (Phi) is 4.24. The van der Waals surface area contributed by atoms with Crippen molar-refractivity contribution in [1.82, 2.24) is 19.6 Å². The zero-order valence-corrected chi connectivity index (χ0v) is 14.3. The second kappa shape index (κ2) is 6.39. The Morgan fingerprint density at radius 1 is 1.23 bits per heavy atom. The number of nitro benzene ring substituents is 1. The van der Waals surface area contributed by atoms with E-state index in [2.05, 4.69) is 20.4 Å². The quantitative estimate of drug-likeness (QED) is 0.565. The minimum Gasteiger partial charge on any atom is -0.444 e. The molecule has 0 unspecified atom stereocenters. The zero-order chi connectivity index (χ0) is 18.9. The number of nitro groups is 1. The molecule has 0 saturated carbocycles. The lowest BCUT2D eigenvalue weighted by Crippen LogP contribution is -2.27. The summed E-state index contributed by atoms with van der Waals surface area (Å²) < 4.78 is 6.60. The van der Waals surface area contributed by atoms with E-state index < -0.39 is 16.6 Å². The zero-order valence-electron chi connectivity index (χ0n) is 14.3. The van der Waals surface area contributed by atoms with Gasteiger partial charge in [-0.25, -0.2) is 9.78 Å². The number of amides is 1. The number of hydrogen-bond donors (Lipinski definition) is 1. The highest BCUT2D eigenvalue weighted by Gasteiger charge is 2.18. The first-order valence-corrected chi connectivity index (χ1v) is 7.69. The number of carbonyl (C=O) groups excluding carboxylic acids is 1. The van der Waals surface area contributed by atoms with Crippen LogP contribution in [0.25, 0.3) is 17.0 Å². The lowest BCUT2D eigenvalue weighted by molar-refractivity contribution is -0.384. The van der Waals surface area contributed by atoms with Crippen LogP contribution in [0.2, 0.25) is 0 Å². The summed E-state index contributed by atoms with van der Waals surface area (Å²) in [7, 11) is 0. The van der Waals surface area contributed by atoms with Gasteiger partial charge in [-0.2, -0.15) is 9.50 Å². The summed E-state index contributed by atoms with van der Waals surface area (Å²) >= 11 is 0. The van der Waals surface area contributed by atoms with Crippen molar-refractivity contribution in [1.29, 1.82) is 0 Å². The van der Waals surface area contributed by atoms with E-state index in [1.54, 1.807) is 39.0 Å². The van der Waals surface area contributed by atoms with Crippen molar-refractivity contribution < 1.29 is 14.5 Å². The van der Waals surface area contributed by atoms with Gasteiger partial charge in [0.05, 0.1) is 10.6 Å². The van der Waals surface area contributed by atoms with Crippen molar-refractivity contribution in [2.24, 2.45) is 0 Å². The Morgan fingerprint density at radius 3 is 2.54 bits per heavy atom. The van der Waals surface area contributed by atoms with E-state index in [1.165, 1.54) is 22.8 Å². The maximum atomic E-state index is 11.9. The van der Waals surface area contributed by atoms with Gasteiger partial charge in [0.2, 0.25) is 0 Å². The van der Waals surface area contributed by atoms with Gasteiger partial charge in [-0.15, -0.1) is 5.10 Å². The van der Waals surface area contributed by atoms with E-state index in [0.717, 1.165) is 0 Å². The standard InChI is InChI=1S/C16H16N6O4/c1-16(2,3)26-15(23)19-13-18-14-17-9-8-12(21(14)20-13)10-4-6-11(7-5-10)22(24)25/h4-9H,1-3H3,(H,19,20,23). The van der Waals surface area contributed by atoms with Crippen LogP contribution in [0, 0.1) is 10.1 Å². The van der Waals surface area contributed by atoms with Gasteiger partial charge in [0.1, 0.15) is 5.60 Å². The van der Waals surface area contributed by atoms with Gasteiger partial charge in [0.15, 0.2) is 0 Å². The molecule has 0 bridgehead atoms. The molecule has 2 heterocycles. The number of anilines is 1. The lowest BCUT2D eigenvalue weighted by atomic mass is 10.1. The highest BCUT2D eigenvalue weighted by Crippen LogP contribution is 2.22. The molecule has 0 saturated heterocycles. The summed E-state index contributed by atoms with van der Waals surface area (Å²) in [4.78, 5) is 30.4. The Hall–Kier alpha value is -3.56. The maximum absolute atomic E-state index is 11.9. The first-order valence-electron chi connectivity index (χ1n) is 7.69. The Balaban J connectivity index is 1.92. The fraction of sp³-hybridized carbons (Fsp3) is 0.250. The van der Waals surface area contributed by atoms with E-state index in [9.17, 15) is 14.9 Å². The molecule has 0 atom stereocenters. The number of non-ortho nitro benzene ring substituents is 1. The van der Waals surface area contributed by atoms with Gasteiger partial charge < -0.3 is 4.74 Å². The van der Waals surface area contributed by atoms with Crippen molar-refractivity contribution in [3.05, 3.63) is 46.6 Å². The Bertz CT molecular complexity index is 975. The van der Waals surface area contributed by atoms with Crippen LogP contribution in [0.5, 0.6) is 0 Å². The minimum atomic E-state index is -0.676. The lowest BCUT2D eigenvalue weighted by Gasteiger charge is -2.18. The number of aromatic nitrogens is 4. The van der Waals surface area contributed by atoms with Crippen molar-refractivity contribution >= 4 is 23.5 Å². The number of benzene rings is 1. The number of hydrogen-bond acceptors (Lipinski definition) is 7. The van der Waals surface area contributed by atoms with Gasteiger partial charge in [-0.05, 0) is 39.0 Å². The molecular weight excluding hydrogens is 340 g/mol. The molecule has 0 radical (unpaired) electrons. The maximum Gasteiger partial charge on any atom is 0.414 e.